The van der Waals surface area contributed by atoms with Crippen LogP contribution in [0.25, 0.3) is 11.3 Å². The number of nitrogens with one attached hydrogen (secondary N) is 4. The Bertz CT molecular complexity index is 1760. The van der Waals surface area contributed by atoms with Gasteiger partial charge in [-0.15, -0.1) is 5.53 Å². The first-order chi connectivity index (χ1) is 19.8. The third-order valence-corrected chi connectivity index (χ3v) is 7.20. The second-order valence-electron chi connectivity index (χ2n) is 9.56. The number of amides is 2. The quantitative estimate of drug-likeness (QED) is 0.237. The van der Waals surface area contributed by atoms with Gasteiger partial charge in [0.15, 0.2) is 0 Å². The van der Waals surface area contributed by atoms with Gasteiger partial charge in [-0.05, 0) is 47.5 Å². The van der Waals surface area contributed by atoms with Crippen molar-refractivity contribution in [1.29, 1.82) is 0 Å². The molecule has 3 heterocycles. The van der Waals surface area contributed by atoms with E-state index in [1.54, 1.807) is 47.6 Å². The molecule has 0 unspecified atom stereocenters. The lowest BCUT2D eigenvalue weighted by molar-refractivity contribution is -0.119. The van der Waals surface area contributed by atoms with Crippen molar-refractivity contribution < 1.29 is 9.59 Å². The molecule has 10 nitrogen and oxygen atoms in total. The third-order valence-electron chi connectivity index (χ3n) is 6.78. The summed E-state index contributed by atoms with van der Waals surface area (Å²) in [5.41, 5.74) is 9.83. The van der Waals surface area contributed by atoms with E-state index in [1.165, 1.54) is 17.0 Å². The molecular formula is C29H23Cl2N7O3. The van der Waals surface area contributed by atoms with Crippen LogP contribution in [0.3, 0.4) is 0 Å². The highest BCUT2D eigenvalue weighted by molar-refractivity contribution is 6.31. The van der Waals surface area contributed by atoms with Crippen molar-refractivity contribution in [3.63, 3.8) is 0 Å². The van der Waals surface area contributed by atoms with Gasteiger partial charge in [0.1, 0.15) is 11.2 Å². The van der Waals surface area contributed by atoms with Crippen LogP contribution in [0.1, 0.15) is 17.2 Å². The average Bonchev–Trinajstić information content (AvgIpc) is 3.56. The Morgan fingerprint density at radius 2 is 1.85 bits per heavy atom. The van der Waals surface area contributed by atoms with Crippen LogP contribution in [0, 0.1) is 0 Å². The number of nitrogens with zero attached hydrogens (tertiary/aromatic N) is 3. The fourth-order valence-corrected chi connectivity index (χ4v) is 5.14. The van der Waals surface area contributed by atoms with Crippen molar-refractivity contribution in [3.8, 4) is 11.3 Å². The molecule has 6 rings (SSSR count). The van der Waals surface area contributed by atoms with Crippen LogP contribution in [-0.2, 0) is 22.4 Å². The highest BCUT2D eigenvalue weighted by Gasteiger charge is 2.25. The maximum Gasteiger partial charge on any atom is 0.254 e. The van der Waals surface area contributed by atoms with E-state index in [4.69, 9.17) is 23.2 Å². The van der Waals surface area contributed by atoms with Gasteiger partial charge in [-0.2, -0.15) is 0 Å². The van der Waals surface area contributed by atoms with E-state index >= 15 is 0 Å². The molecule has 0 aliphatic carbocycles. The van der Waals surface area contributed by atoms with Crippen LogP contribution >= 0.6 is 23.2 Å². The van der Waals surface area contributed by atoms with E-state index in [0.717, 1.165) is 16.8 Å². The molecule has 206 valence electrons. The zero-order valence-electron chi connectivity index (χ0n) is 21.4. The van der Waals surface area contributed by atoms with Gasteiger partial charge >= 0.3 is 0 Å². The SMILES string of the molecule is O=C1Cc2cc(NC(=O)[C@H](Cc3ccccc3)n3cnc(-c4cc(Cl)ccc4N4C=C(Cl)NN4)cc3=O)ccc2N1. The van der Waals surface area contributed by atoms with Crippen LogP contribution < -0.4 is 32.2 Å². The Morgan fingerprint density at radius 3 is 2.61 bits per heavy atom. The first-order valence-corrected chi connectivity index (χ1v) is 13.4. The molecule has 2 amide bonds. The van der Waals surface area contributed by atoms with Crippen molar-refractivity contribution in [2.24, 2.45) is 0 Å². The summed E-state index contributed by atoms with van der Waals surface area (Å²) < 4.78 is 1.32. The zero-order valence-corrected chi connectivity index (χ0v) is 22.9. The van der Waals surface area contributed by atoms with Gasteiger partial charge in [-0.25, -0.2) is 4.98 Å². The number of halogens is 2. The minimum Gasteiger partial charge on any atom is -0.326 e. The number of rotatable bonds is 7. The number of aromatic nitrogens is 2. The van der Waals surface area contributed by atoms with Gasteiger partial charge in [0, 0.05) is 34.4 Å². The molecule has 4 N–H and O–H groups in total. The van der Waals surface area contributed by atoms with E-state index in [9.17, 15) is 14.4 Å². The van der Waals surface area contributed by atoms with E-state index in [0.29, 0.717) is 32.8 Å². The van der Waals surface area contributed by atoms with E-state index in [2.05, 4.69) is 26.6 Å². The molecule has 4 aromatic rings. The number of hydrazine groups is 2. The number of anilines is 3. The normalized spacial score (nSPS) is 14.6. The van der Waals surface area contributed by atoms with Crippen molar-refractivity contribution in [3.05, 3.63) is 117 Å². The summed E-state index contributed by atoms with van der Waals surface area (Å²) in [4.78, 5) is 43.5. The summed E-state index contributed by atoms with van der Waals surface area (Å²) in [5, 5.41) is 8.18. The van der Waals surface area contributed by atoms with Crippen LogP contribution in [0.15, 0.2) is 95.3 Å². The molecule has 3 aromatic carbocycles. The van der Waals surface area contributed by atoms with Gasteiger partial charge in [-0.3, -0.25) is 29.4 Å². The maximum absolute atomic E-state index is 13.7. The average molecular weight is 588 g/mol. The van der Waals surface area contributed by atoms with Crippen LogP contribution in [0.5, 0.6) is 0 Å². The molecule has 41 heavy (non-hydrogen) atoms. The number of benzene rings is 3. The van der Waals surface area contributed by atoms with Crippen molar-refractivity contribution in [2.45, 2.75) is 18.9 Å². The van der Waals surface area contributed by atoms with Crippen LogP contribution in [-0.4, -0.2) is 21.4 Å². The largest absolute Gasteiger partial charge is 0.326 e. The molecule has 12 heteroatoms. The minimum absolute atomic E-state index is 0.0955. The zero-order chi connectivity index (χ0) is 28.5. The fourth-order valence-electron chi connectivity index (χ4n) is 4.82. The second kappa shape index (κ2) is 11.1. The molecule has 1 atom stereocenters. The second-order valence-corrected chi connectivity index (χ2v) is 10.4. The molecule has 2 aliphatic rings. The van der Waals surface area contributed by atoms with Crippen molar-refractivity contribution >= 4 is 52.1 Å². The summed E-state index contributed by atoms with van der Waals surface area (Å²) in [6.07, 6.45) is 3.52. The summed E-state index contributed by atoms with van der Waals surface area (Å²) in [5.74, 6) is -0.486. The van der Waals surface area contributed by atoms with Gasteiger partial charge in [0.05, 0.1) is 30.3 Å². The highest BCUT2D eigenvalue weighted by atomic mass is 35.5. The third kappa shape index (κ3) is 5.66. The molecule has 0 saturated heterocycles. The Balaban J connectivity index is 1.34. The lowest BCUT2D eigenvalue weighted by atomic mass is 10.0. The molecular weight excluding hydrogens is 565 g/mol. The topological polar surface area (TPSA) is 120 Å². The van der Waals surface area contributed by atoms with Gasteiger partial charge in [-0.1, -0.05) is 53.5 Å². The summed E-state index contributed by atoms with van der Waals surface area (Å²) in [6, 6.07) is 20.3. The number of carbonyl (C=O) groups is 2. The van der Waals surface area contributed by atoms with Crippen molar-refractivity contribution in [1.82, 2.24) is 20.5 Å². The van der Waals surface area contributed by atoms with Crippen LogP contribution in [0.4, 0.5) is 17.1 Å². The monoisotopic (exact) mass is 587 g/mol. The summed E-state index contributed by atoms with van der Waals surface area (Å²) >= 11 is 12.3. The first-order valence-electron chi connectivity index (χ1n) is 12.7. The van der Waals surface area contributed by atoms with Gasteiger partial charge in [0.2, 0.25) is 11.8 Å². The number of hydrogen-bond donors (Lipinski definition) is 4. The Morgan fingerprint density at radius 1 is 1.02 bits per heavy atom. The number of carbonyl (C=O) groups excluding carboxylic acids is 2. The predicted octanol–water partition coefficient (Wildman–Crippen LogP) is 4.35. The molecule has 2 aliphatic heterocycles. The number of hydrogen-bond acceptors (Lipinski definition) is 7. The Labute approximate surface area is 244 Å². The Kier molecular flexibility index (Phi) is 7.19. The fraction of sp³-hybridized carbons (Fsp3) is 0.103. The highest BCUT2D eigenvalue weighted by Crippen LogP contribution is 2.33. The summed E-state index contributed by atoms with van der Waals surface area (Å²) in [6.45, 7) is 0. The Hall–Kier alpha value is -4.64. The lowest BCUT2D eigenvalue weighted by Crippen LogP contribution is -2.36. The molecule has 1 aromatic heterocycles. The van der Waals surface area contributed by atoms with E-state index in [1.807, 2.05) is 30.3 Å². The van der Waals surface area contributed by atoms with Crippen LogP contribution in [0.2, 0.25) is 5.02 Å². The lowest BCUT2D eigenvalue weighted by Gasteiger charge is -2.21. The predicted molar refractivity (Wildman–Crippen MR) is 158 cm³/mol. The first kappa shape index (κ1) is 26.6. The molecule has 0 saturated carbocycles. The minimum atomic E-state index is -0.899. The van der Waals surface area contributed by atoms with E-state index in [-0.39, 0.29) is 18.7 Å². The molecule has 0 fully saturated rings. The van der Waals surface area contributed by atoms with Gasteiger partial charge < -0.3 is 10.6 Å². The molecule has 0 radical (unpaired) electrons. The van der Waals surface area contributed by atoms with E-state index < -0.39 is 17.5 Å². The maximum atomic E-state index is 13.7. The van der Waals surface area contributed by atoms with Gasteiger partial charge in [0.25, 0.3) is 5.56 Å². The molecule has 0 bridgehead atoms. The smallest absolute Gasteiger partial charge is 0.254 e. The standard InChI is InChI=1S/C29H23Cl2N7O3/c30-19-6-9-24(38-15-26(31)35-36-38)21(13-19)23-14-28(40)37(16-32-23)25(10-17-4-2-1-3-5-17)29(41)33-20-7-8-22-18(11-20)12-27(39)34-22/h1-9,11,13-16,25,35-36H,10,12H2,(H,33,41)(H,34,39)/t25-/m0/s1. The van der Waals surface area contributed by atoms with Crippen molar-refractivity contribution in [2.75, 3.05) is 15.6 Å². The summed E-state index contributed by atoms with van der Waals surface area (Å²) in [7, 11) is 0. The molecule has 0 spiro atoms. The number of fused-ring (bicyclic) bond motifs is 1.